The number of nitrogens with two attached hydrogens (primary N) is 1. The Bertz CT molecular complexity index is 410. The summed E-state index contributed by atoms with van der Waals surface area (Å²) in [6, 6.07) is 6.92. The maximum Gasteiger partial charge on any atom is 0.230 e. The topological polar surface area (TPSA) is 75.3 Å². The molecule has 106 valence electrons. The molecule has 2 rings (SSSR count). The molecule has 4 N–H and O–H groups in total. The zero-order chi connectivity index (χ0) is 13.0. The van der Waals surface area contributed by atoms with Crippen LogP contribution in [0.2, 0.25) is 0 Å². The van der Waals surface area contributed by atoms with E-state index in [1.807, 2.05) is 0 Å². The fraction of sp³-hybridized carbons (Fsp3) is 0.462. The van der Waals surface area contributed by atoms with Crippen LogP contribution >= 0.6 is 24.2 Å². The smallest absolute Gasteiger partial charge is 0.230 e. The molecule has 0 heterocycles. The number of carbonyl (C=O) groups is 1. The minimum Gasteiger partial charge on any atom is -0.508 e. The van der Waals surface area contributed by atoms with Crippen LogP contribution in [0.1, 0.15) is 12.8 Å². The molecular weight excluding hydrogens is 284 g/mol. The van der Waals surface area contributed by atoms with Gasteiger partial charge in [0.2, 0.25) is 5.91 Å². The summed E-state index contributed by atoms with van der Waals surface area (Å²) in [5.41, 5.74) is 5.90. The molecule has 6 heteroatoms. The molecule has 1 aliphatic carbocycles. The predicted molar refractivity (Wildman–Crippen MR) is 79.8 cm³/mol. The number of hydrogen-bond acceptors (Lipinski definition) is 4. The number of thioether (sulfide) groups is 1. The fourth-order valence-corrected chi connectivity index (χ4v) is 2.39. The van der Waals surface area contributed by atoms with Crippen LogP contribution in [-0.2, 0) is 4.79 Å². The van der Waals surface area contributed by atoms with Crippen LogP contribution in [0.25, 0.3) is 0 Å². The summed E-state index contributed by atoms with van der Waals surface area (Å²) in [5.74, 6) is 1.22. The second-order valence-electron chi connectivity index (χ2n) is 4.59. The number of amides is 1. The van der Waals surface area contributed by atoms with E-state index in [2.05, 4.69) is 5.32 Å². The third-order valence-electron chi connectivity index (χ3n) is 2.97. The quantitative estimate of drug-likeness (QED) is 0.700. The van der Waals surface area contributed by atoms with Gasteiger partial charge in [-0.15, -0.1) is 24.2 Å². The Balaban J connectivity index is 0.00000180. The fourth-order valence-electron chi connectivity index (χ4n) is 1.67. The van der Waals surface area contributed by atoms with Crippen molar-refractivity contribution >= 4 is 30.1 Å². The van der Waals surface area contributed by atoms with E-state index in [0.717, 1.165) is 4.90 Å². The van der Waals surface area contributed by atoms with Crippen molar-refractivity contribution in [1.29, 1.82) is 0 Å². The van der Waals surface area contributed by atoms with Gasteiger partial charge in [0.1, 0.15) is 5.75 Å². The molecule has 0 aliphatic heterocycles. The highest BCUT2D eigenvalue weighted by Gasteiger charge is 2.28. The van der Waals surface area contributed by atoms with Crippen LogP contribution < -0.4 is 11.1 Å². The van der Waals surface area contributed by atoms with Crippen molar-refractivity contribution in [2.45, 2.75) is 23.8 Å². The second-order valence-corrected chi connectivity index (χ2v) is 5.64. The van der Waals surface area contributed by atoms with Gasteiger partial charge in [-0.3, -0.25) is 4.79 Å². The number of hydrogen-bond donors (Lipinski definition) is 3. The number of carbonyl (C=O) groups excluding carboxylic acids is 1. The number of benzene rings is 1. The van der Waals surface area contributed by atoms with E-state index in [-0.39, 0.29) is 30.1 Å². The highest BCUT2D eigenvalue weighted by atomic mass is 35.5. The summed E-state index contributed by atoms with van der Waals surface area (Å²) < 4.78 is 0. The largest absolute Gasteiger partial charge is 0.508 e. The van der Waals surface area contributed by atoms with Gasteiger partial charge < -0.3 is 16.2 Å². The van der Waals surface area contributed by atoms with Gasteiger partial charge in [-0.25, -0.2) is 0 Å². The maximum absolute atomic E-state index is 11.6. The molecule has 1 aromatic carbocycles. The molecule has 0 bridgehead atoms. The number of rotatable bonds is 6. The van der Waals surface area contributed by atoms with Gasteiger partial charge in [-0.1, -0.05) is 0 Å². The molecule has 1 atom stereocenters. The van der Waals surface area contributed by atoms with E-state index in [9.17, 15) is 4.79 Å². The highest BCUT2D eigenvalue weighted by molar-refractivity contribution is 8.00. The van der Waals surface area contributed by atoms with Gasteiger partial charge >= 0.3 is 0 Å². The lowest BCUT2D eigenvalue weighted by Gasteiger charge is -2.11. The van der Waals surface area contributed by atoms with Crippen molar-refractivity contribution in [2.75, 3.05) is 12.3 Å². The summed E-state index contributed by atoms with van der Waals surface area (Å²) in [4.78, 5) is 12.6. The second kappa shape index (κ2) is 7.62. The first-order valence-electron chi connectivity index (χ1n) is 6.09. The Labute approximate surface area is 123 Å². The highest BCUT2D eigenvalue weighted by Crippen LogP contribution is 2.31. The minimum absolute atomic E-state index is 0. The number of aromatic hydroxyl groups is 1. The van der Waals surface area contributed by atoms with Crippen molar-refractivity contribution in [3.63, 3.8) is 0 Å². The van der Waals surface area contributed by atoms with E-state index in [1.54, 1.807) is 24.3 Å². The number of phenolic OH excluding ortho intramolecular Hbond substituents is 1. The summed E-state index contributed by atoms with van der Waals surface area (Å²) in [6.07, 6.45) is 2.39. The van der Waals surface area contributed by atoms with Gasteiger partial charge in [0.15, 0.2) is 0 Å². The zero-order valence-electron chi connectivity index (χ0n) is 10.5. The van der Waals surface area contributed by atoms with Crippen molar-refractivity contribution in [3.8, 4) is 5.75 Å². The van der Waals surface area contributed by atoms with Crippen LogP contribution in [0.15, 0.2) is 29.2 Å². The Kier molecular flexibility index (Phi) is 6.48. The molecule has 4 nitrogen and oxygen atoms in total. The Morgan fingerprint density at radius 1 is 1.42 bits per heavy atom. The average Bonchev–Trinajstić information content (AvgIpc) is 3.19. The molecule has 0 radical (unpaired) electrons. The van der Waals surface area contributed by atoms with E-state index in [4.69, 9.17) is 10.8 Å². The normalized spacial score (nSPS) is 15.4. The van der Waals surface area contributed by atoms with E-state index < -0.39 is 0 Å². The lowest BCUT2D eigenvalue weighted by Crippen LogP contribution is -2.39. The Morgan fingerprint density at radius 3 is 2.63 bits per heavy atom. The number of nitrogens with one attached hydrogen (secondary N) is 1. The van der Waals surface area contributed by atoms with Gasteiger partial charge in [-0.05, 0) is 43.0 Å². The van der Waals surface area contributed by atoms with Crippen molar-refractivity contribution in [1.82, 2.24) is 5.32 Å². The summed E-state index contributed by atoms with van der Waals surface area (Å²) in [6.45, 7) is 0.569. The first-order valence-corrected chi connectivity index (χ1v) is 7.08. The standard InChI is InChI=1S/C13H18N2O2S.ClH/c14-12(9-1-2-9)7-15-13(17)8-18-11-5-3-10(16)4-6-11;/h3-6,9,12,16H,1-2,7-8,14H2,(H,15,17);1H. The van der Waals surface area contributed by atoms with E-state index >= 15 is 0 Å². The first kappa shape index (κ1) is 16.1. The molecule has 0 spiro atoms. The molecule has 1 fully saturated rings. The van der Waals surface area contributed by atoms with Crippen LogP contribution in [0.3, 0.4) is 0 Å². The third kappa shape index (κ3) is 5.72. The molecule has 1 aliphatic rings. The molecular formula is C13H19ClN2O2S. The van der Waals surface area contributed by atoms with Crippen molar-refractivity contribution in [3.05, 3.63) is 24.3 Å². The van der Waals surface area contributed by atoms with Gasteiger partial charge in [0.05, 0.1) is 5.75 Å². The lowest BCUT2D eigenvalue weighted by molar-refractivity contribution is -0.118. The molecule has 1 amide bonds. The average molecular weight is 303 g/mol. The zero-order valence-corrected chi connectivity index (χ0v) is 12.2. The Hall–Kier alpha value is -0.910. The SMILES string of the molecule is Cl.NC(CNC(=O)CSc1ccc(O)cc1)C1CC1. The lowest BCUT2D eigenvalue weighted by atomic mass is 10.2. The summed E-state index contributed by atoms with van der Waals surface area (Å²) in [7, 11) is 0. The molecule has 1 unspecified atom stereocenters. The van der Waals surface area contributed by atoms with E-state index in [0.29, 0.717) is 18.2 Å². The minimum atomic E-state index is 0. The number of phenols is 1. The van der Waals surface area contributed by atoms with Gasteiger partial charge in [0, 0.05) is 17.5 Å². The molecule has 1 aromatic rings. The number of halogens is 1. The summed E-state index contributed by atoms with van der Waals surface area (Å²) >= 11 is 1.45. The van der Waals surface area contributed by atoms with Crippen LogP contribution in [0, 0.1) is 5.92 Å². The van der Waals surface area contributed by atoms with Crippen LogP contribution in [-0.4, -0.2) is 29.4 Å². The Morgan fingerprint density at radius 2 is 2.05 bits per heavy atom. The van der Waals surface area contributed by atoms with Gasteiger partial charge in [0.25, 0.3) is 0 Å². The van der Waals surface area contributed by atoms with Crippen molar-refractivity contribution < 1.29 is 9.90 Å². The van der Waals surface area contributed by atoms with E-state index in [1.165, 1.54) is 24.6 Å². The molecule has 19 heavy (non-hydrogen) atoms. The molecule has 1 saturated carbocycles. The summed E-state index contributed by atoms with van der Waals surface area (Å²) in [5, 5.41) is 12.0. The van der Waals surface area contributed by atoms with Crippen LogP contribution in [0.4, 0.5) is 0 Å². The van der Waals surface area contributed by atoms with Gasteiger partial charge in [-0.2, -0.15) is 0 Å². The van der Waals surface area contributed by atoms with Crippen molar-refractivity contribution in [2.24, 2.45) is 11.7 Å². The molecule has 0 saturated heterocycles. The van der Waals surface area contributed by atoms with Crippen LogP contribution in [0.5, 0.6) is 5.75 Å². The monoisotopic (exact) mass is 302 g/mol. The predicted octanol–water partition coefficient (Wildman–Crippen LogP) is 1.76. The first-order chi connectivity index (χ1) is 8.65. The third-order valence-corrected chi connectivity index (χ3v) is 3.98. The maximum atomic E-state index is 11.6. The molecule has 0 aromatic heterocycles.